The fourth-order valence-corrected chi connectivity index (χ4v) is 4.06. The molecule has 0 radical (unpaired) electrons. The van der Waals surface area contributed by atoms with E-state index in [9.17, 15) is 9.59 Å². The van der Waals surface area contributed by atoms with E-state index in [2.05, 4.69) is 10.3 Å². The summed E-state index contributed by atoms with van der Waals surface area (Å²) in [5.74, 6) is -0.338. The van der Waals surface area contributed by atoms with Crippen LogP contribution in [0.4, 0.5) is 5.69 Å². The quantitative estimate of drug-likeness (QED) is 0.517. The molecule has 140 valence electrons. The molecule has 1 N–H and O–H groups in total. The number of halogens is 1. The summed E-state index contributed by atoms with van der Waals surface area (Å²) in [5, 5.41) is 3.70. The first-order chi connectivity index (χ1) is 13.5. The first kappa shape index (κ1) is 18.4. The first-order valence-corrected chi connectivity index (χ1v) is 9.85. The van der Waals surface area contributed by atoms with Gasteiger partial charge in [-0.25, -0.2) is 4.98 Å². The van der Waals surface area contributed by atoms with Gasteiger partial charge in [0.05, 0.1) is 22.4 Å². The number of hydrogen-bond donors (Lipinski definition) is 1. The average Bonchev–Trinajstić information content (AvgIpc) is 3.15. The average molecular weight is 410 g/mol. The summed E-state index contributed by atoms with van der Waals surface area (Å²) in [6.07, 6.45) is 1.42. The highest BCUT2D eigenvalue weighted by Gasteiger charge is 2.19. The minimum atomic E-state index is -0.735. The fourth-order valence-electron chi connectivity index (χ4n) is 2.88. The summed E-state index contributed by atoms with van der Waals surface area (Å²) in [4.78, 5) is 31.6. The Balaban J connectivity index is 1.67. The fraction of sp³-hybridized carbons (Fsp3) is 0.0952. The number of hydrogen-bond acceptors (Lipinski definition) is 4. The highest BCUT2D eigenvalue weighted by atomic mass is 35.5. The minimum Gasteiger partial charge on any atom is -0.323 e. The molecular formula is C21H16ClN3O2S. The van der Waals surface area contributed by atoms with Crippen molar-refractivity contribution in [2.24, 2.45) is 0 Å². The van der Waals surface area contributed by atoms with Crippen molar-refractivity contribution in [3.8, 4) is 10.4 Å². The van der Waals surface area contributed by atoms with E-state index in [1.807, 2.05) is 36.4 Å². The second-order valence-corrected chi connectivity index (χ2v) is 7.74. The zero-order valence-corrected chi connectivity index (χ0v) is 16.5. The lowest BCUT2D eigenvalue weighted by Crippen LogP contribution is -2.31. The second kappa shape index (κ2) is 7.58. The van der Waals surface area contributed by atoms with Gasteiger partial charge in [-0.3, -0.25) is 14.2 Å². The molecule has 4 rings (SSSR count). The summed E-state index contributed by atoms with van der Waals surface area (Å²) in [6, 6.07) is 17.9. The summed E-state index contributed by atoms with van der Waals surface area (Å²) >= 11 is 7.55. The van der Waals surface area contributed by atoms with Crippen LogP contribution in [0, 0.1) is 0 Å². The Labute approximate surface area is 170 Å². The molecule has 7 heteroatoms. The number of rotatable bonds is 4. The van der Waals surface area contributed by atoms with Crippen LogP contribution in [0.15, 0.2) is 71.8 Å². The summed E-state index contributed by atoms with van der Waals surface area (Å²) < 4.78 is 1.34. The number of benzene rings is 2. The van der Waals surface area contributed by atoms with Gasteiger partial charge in [-0.1, -0.05) is 54.1 Å². The number of nitrogens with one attached hydrogen (secondary N) is 1. The lowest BCUT2D eigenvalue weighted by Gasteiger charge is -2.15. The van der Waals surface area contributed by atoms with Crippen molar-refractivity contribution in [3.05, 3.63) is 82.4 Å². The van der Waals surface area contributed by atoms with Crippen LogP contribution in [-0.2, 0) is 4.79 Å². The number of anilines is 1. The Kier molecular flexibility index (Phi) is 4.98. The van der Waals surface area contributed by atoms with E-state index in [0.29, 0.717) is 20.9 Å². The van der Waals surface area contributed by atoms with Crippen molar-refractivity contribution in [2.45, 2.75) is 13.0 Å². The molecule has 2 aromatic heterocycles. The lowest BCUT2D eigenvalue weighted by atomic mass is 10.2. The maximum absolute atomic E-state index is 13.0. The highest BCUT2D eigenvalue weighted by molar-refractivity contribution is 7.21. The van der Waals surface area contributed by atoms with E-state index in [4.69, 9.17) is 11.6 Å². The monoisotopic (exact) mass is 409 g/mol. The number of carbonyl (C=O) groups excluding carboxylic acids is 1. The number of carbonyl (C=O) groups is 1. The molecule has 2 heterocycles. The van der Waals surface area contributed by atoms with Crippen molar-refractivity contribution >= 4 is 44.7 Å². The number of amides is 1. The third-order valence-corrected chi connectivity index (χ3v) is 5.89. The molecule has 0 fully saturated rings. The van der Waals surface area contributed by atoms with Crippen LogP contribution in [0.1, 0.15) is 13.0 Å². The van der Waals surface area contributed by atoms with Crippen LogP contribution >= 0.6 is 22.9 Å². The van der Waals surface area contributed by atoms with Gasteiger partial charge < -0.3 is 5.32 Å². The zero-order chi connectivity index (χ0) is 19.7. The lowest BCUT2D eigenvalue weighted by molar-refractivity contribution is -0.118. The molecule has 0 saturated heterocycles. The molecule has 5 nitrogen and oxygen atoms in total. The van der Waals surface area contributed by atoms with E-state index >= 15 is 0 Å². The van der Waals surface area contributed by atoms with Gasteiger partial charge in [-0.15, -0.1) is 11.3 Å². The van der Waals surface area contributed by atoms with Gasteiger partial charge in [0.25, 0.3) is 5.56 Å². The third-order valence-electron chi connectivity index (χ3n) is 4.46. The van der Waals surface area contributed by atoms with Crippen LogP contribution in [-0.4, -0.2) is 15.5 Å². The van der Waals surface area contributed by atoms with Crippen molar-refractivity contribution < 1.29 is 4.79 Å². The molecule has 0 unspecified atom stereocenters. The molecule has 28 heavy (non-hydrogen) atoms. The summed E-state index contributed by atoms with van der Waals surface area (Å²) in [5.41, 5.74) is 1.29. The van der Waals surface area contributed by atoms with Crippen molar-refractivity contribution in [1.82, 2.24) is 9.55 Å². The Hall–Kier alpha value is -2.96. The van der Waals surface area contributed by atoms with Gasteiger partial charge in [0.2, 0.25) is 5.91 Å². The number of thiophene rings is 1. The maximum atomic E-state index is 13.0. The number of aromatic nitrogens is 2. The van der Waals surface area contributed by atoms with Gasteiger partial charge in [0.15, 0.2) is 0 Å². The highest BCUT2D eigenvalue weighted by Crippen LogP contribution is 2.30. The predicted molar refractivity (Wildman–Crippen MR) is 114 cm³/mol. The van der Waals surface area contributed by atoms with Crippen LogP contribution < -0.4 is 10.9 Å². The largest absolute Gasteiger partial charge is 0.323 e. The topological polar surface area (TPSA) is 64.0 Å². The molecule has 0 aliphatic carbocycles. The number of fused-ring (bicyclic) bond motifs is 1. The second-order valence-electron chi connectivity index (χ2n) is 6.30. The minimum absolute atomic E-state index is 0.245. The molecule has 0 spiro atoms. The molecule has 1 amide bonds. The van der Waals surface area contributed by atoms with Gasteiger partial charge >= 0.3 is 0 Å². The van der Waals surface area contributed by atoms with Gasteiger partial charge in [0, 0.05) is 4.88 Å². The normalized spacial score (nSPS) is 12.1. The molecule has 4 aromatic rings. The molecule has 0 aliphatic heterocycles. The molecule has 1 atom stereocenters. The van der Waals surface area contributed by atoms with Crippen molar-refractivity contribution in [1.29, 1.82) is 0 Å². The van der Waals surface area contributed by atoms with E-state index < -0.39 is 6.04 Å². The van der Waals surface area contributed by atoms with Crippen molar-refractivity contribution in [2.75, 3.05) is 5.32 Å². The van der Waals surface area contributed by atoms with Crippen molar-refractivity contribution in [3.63, 3.8) is 0 Å². The van der Waals surface area contributed by atoms with Crippen LogP contribution in [0.3, 0.4) is 0 Å². The molecule has 2 aromatic carbocycles. The van der Waals surface area contributed by atoms with E-state index in [0.717, 1.165) is 10.4 Å². The number of para-hydroxylation sites is 1. The summed E-state index contributed by atoms with van der Waals surface area (Å²) in [7, 11) is 0. The SMILES string of the molecule is C[C@@H](C(=O)Nc1ccccc1Cl)n1cnc2sc(-c3ccccc3)cc2c1=O. The number of nitrogens with zero attached hydrogens (tertiary/aromatic N) is 2. The molecule has 0 bridgehead atoms. The zero-order valence-electron chi connectivity index (χ0n) is 14.9. The standard InChI is InChI=1S/C21H16ClN3O2S/c1-13(19(26)24-17-10-6-5-9-16(17)22)25-12-23-20-15(21(25)27)11-18(28-20)14-7-3-2-4-8-14/h2-13H,1H3,(H,24,26)/t13-/m0/s1. The van der Waals surface area contributed by atoms with E-state index in [-0.39, 0.29) is 11.5 Å². The van der Waals surface area contributed by atoms with Gasteiger partial charge in [0.1, 0.15) is 10.9 Å². The van der Waals surface area contributed by atoms with Gasteiger partial charge in [-0.05, 0) is 30.7 Å². The molecular weight excluding hydrogens is 394 g/mol. The maximum Gasteiger partial charge on any atom is 0.262 e. The van der Waals surface area contributed by atoms with Gasteiger partial charge in [-0.2, -0.15) is 0 Å². The van der Waals surface area contributed by atoms with Crippen LogP contribution in [0.5, 0.6) is 0 Å². The smallest absolute Gasteiger partial charge is 0.262 e. The Morgan fingerprint density at radius 1 is 1.14 bits per heavy atom. The third kappa shape index (κ3) is 3.44. The Morgan fingerprint density at radius 3 is 2.61 bits per heavy atom. The Morgan fingerprint density at radius 2 is 1.86 bits per heavy atom. The first-order valence-electron chi connectivity index (χ1n) is 8.66. The molecule has 0 aliphatic rings. The summed E-state index contributed by atoms with van der Waals surface area (Å²) in [6.45, 7) is 1.66. The predicted octanol–water partition coefficient (Wildman–Crippen LogP) is 4.98. The van der Waals surface area contributed by atoms with E-state index in [1.165, 1.54) is 22.2 Å². The molecule has 0 saturated carbocycles. The Bertz CT molecular complexity index is 1220. The van der Waals surface area contributed by atoms with E-state index in [1.54, 1.807) is 31.2 Å². The van der Waals surface area contributed by atoms with Crippen LogP contribution in [0.2, 0.25) is 5.02 Å². The van der Waals surface area contributed by atoms with Crippen LogP contribution in [0.25, 0.3) is 20.7 Å².